The van der Waals surface area contributed by atoms with E-state index >= 15 is 0 Å². The first-order valence-electron chi connectivity index (χ1n) is 4.85. The summed E-state index contributed by atoms with van der Waals surface area (Å²) in [5, 5.41) is -0.224. The molecule has 0 radical (unpaired) electrons. The lowest BCUT2D eigenvalue weighted by Gasteiger charge is -2.22. The molecule has 2 rings (SSSR count). The van der Waals surface area contributed by atoms with Gasteiger partial charge in [0.25, 0.3) is 0 Å². The zero-order valence-electron chi connectivity index (χ0n) is 8.45. The quantitative estimate of drug-likeness (QED) is 0.657. The summed E-state index contributed by atoms with van der Waals surface area (Å²) < 4.78 is 23.8. The Kier molecular flexibility index (Phi) is 2.14. The van der Waals surface area contributed by atoms with E-state index in [1.165, 1.54) is 0 Å². The molecule has 14 heavy (non-hydrogen) atoms. The van der Waals surface area contributed by atoms with Gasteiger partial charge < -0.3 is 0 Å². The first-order chi connectivity index (χ1) is 6.51. The van der Waals surface area contributed by atoms with E-state index in [2.05, 4.69) is 0 Å². The number of rotatable bonds is 0. The minimum absolute atomic E-state index is 0.224. The van der Waals surface area contributed by atoms with E-state index in [-0.39, 0.29) is 5.25 Å². The van der Waals surface area contributed by atoms with Crippen molar-refractivity contribution in [2.45, 2.75) is 36.8 Å². The largest absolute Gasteiger partial charge is 0.223 e. The fraction of sp³-hybridized carbons (Fsp3) is 0.455. The van der Waals surface area contributed by atoms with Gasteiger partial charge in [0.05, 0.1) is 10.1 Å². The standard InChI is InChI=1S/C11H14O2S/c1-8-3-6-11-10(7-8)5-4-9(2)14(11,12)13/h3,6-7,9H,4-5H2,1-2H3/t9-/m0/s1. The van der Waals surface area contributed by atoms with E-state index in [1.807, 2.05) is 19.1 Å². The van der Waals surface area contributed by atoms with Crippen LogP contribution >= 0.6 is 0 Å². The van der Waals surface area contributed by atoms with Gasteiger partial charge in [0, 0.05) is 0 Å². The summed E-state index contributed by atoms with van der Waals surface area (Å²) in [6.45, 7) is 3.78. The molecule has 0 amide bonds. The molecule has 1 atom stereocenters. The maximum absolute atomic E-state index is 11.9. The fourth-order valence-electron chi connectivity index (χ4n) is 1.91. The SMILES string of the molecule is Cc1ccc2c(c1)CC[C@H](C)S2(=O)=O. The fourth-order valence-corrected chi connectivity index (χ4v) is 3.56. The third-order valence-electron chi connectivity index (χ3n) is 2.87. The first-order valence-corrected chi connectivity index (χ1v) is 6.40. The van der Waals surface area contributed by atoms with Crippen LogP contribution in [0, 0.1) is 6.92 Å². The lowest BCUT2D eigenvalue weighted by atomic mass is 10.1. The Labute approximate surface area is 84.9 Å². The van der Waals surface area contributed by atoms with Crippen molar-refractivity contribution < 1.29 is 8.42 Å². The number of hydrogen-bond acceptors (Lipinski definition) is 2. The molecule has 2 nitrogen and oxygen atoms in total. The normalized spacial score (nSPS) is 24.3. The molecule has 1 aromatic rings. The lowest BCUT2D eigenvalue weighted by Crippen LogP contribution is -2.24. The summed E-state index contributed by atoms with van der Waals surface area (Å²) in [5.74, 6) is 0. The van der Waals surface area contributed by atoms with Crippen molar-refractivity contribution >= 4 is 9.84 Å². The molecule has 0 bridgehead atoms. The Morgan fingerprint density at radius 1 is 1.36 bits per heavy atom. The average molecular weight is 210 g/mol. The van der Waals surface area contributed by atoms with Gasteiger partial charge in [0.1, 0.15) is 0 Å². The molecule has 1 aromatic carbocycles. The lowest BCUT2D eigenvalue weighted by molar-refractivity contribution is 0.567. The van der Waals surface area contributed by atoms with Crippen LogP contribution in [0.2, 0.25) is 0 Å². The Hall–Kier alpha value is -0.830. The molecular weight excluding hydrogens is 196 g/mol. The second kappa shape index (κ2) is 3.09. The summed E-state index contributed by atoms with van der Waals surface area (Å²) in [6, 6.07) is 5.60. The van der Waals surface area contributed by atoms with Gasteiger partial charge in [0.15, 0.2) is 9.84 Å². The van der Waals surface area contributed by atoms with E-state index in [1.54, 1.807) is 13.0 Å². The zero-order valence-corrected chi connectivity index (χ0v) is 9.26. The average Bonchev–Trinajstić information content (AvgIpc) is 2.12. The van der Waals surface area contributed by atoms with Crippen LogP contribution in [-0.4, -0.2) is 13.7 Å². The summed E-state index contributed by atoms with van der Waals surface area (Å²) in [5.41, 5.74) is 2.12. The Morgan fingerprint density at radius 3 is 2.79 bits per heavy atom. The summed E-state index contributed by atoms with van der Waals surface area (Å²) in [6.07, 6.45) is 1.64. The van der Waals surface area contributed by atoms with Crippen LogP contribution in [0.1, 0.15) is 24.5 Å². The van der Waals surface area contributed by atoms with Crippen molar-refractivity contribution in [1.29, 1.82) is 0 Å². The highest BCUT2D eigenvalue weighted by Gasteiger charge is 2.29. The monoisotopic (exact) mass is 210 g/mol. The van der Waals surface area contributed by atoms with E-state index < -0.39 is 9.84 Å². The number of hydrogen-bond donors (Lipinski definition) is 0. The molecule has 0 unspecified atom stereocenters. The highest BCUT2D eigenvalue weighted by atomic mass is 32.2. The smallest absolute Gasteiger partial charge is 0.181 e. The molecule has 0 aliphatic carbocycles. The predicted octanol–water partition coefficient (Wildman–Crippen LogP) is 2.10. The molecule has 1 heterocycles. The molecule has 1 aliphatic heterocycles. The highest BCUT2D eigenvalue weighted by Crippen LogP contribution is 2.29. The van der Waals surface area contributed by atoms with Crippen LogP contribution in [0.25, 0.3) is 0 Å². The third-order valence-corrected chi connectivity index (χ3v) is 5.18. The van der Waals surface area contributed by atoms with Gasteiger partial charge in [-0.15, -0.1) is 0 Å². The highest BCUT2D eigenvalue weighted by molar-refractivity contribution is 7.92. The topological polar surface area (TPSA) is 34.1 Å². The molecule has 76 valence electrons. The number of benzene rings is 1. The van der Waals surface area contributed by atoms with Gasteiger partial charge in [-0.1, -0.05) is 17.7 Å². The molecule has 0 fully saturated rings. The summed E-state index contributed by atoms with van der Waals surface area (Å²) in [7, 11) is -3.04. The van der Waals surface area contributed by atoms with Gasteiger partial charge in [-0.05, 0) is 38.3 Å². The zero-order chi connectivity index (χ0) is 10.3. The van der Waals surface area contributed by atoms with Gasteiger partial charge >= 0.3 is 0 Å². The molecule has 0 N–H and O–H groups in total. The van der Waals surface area contributed by atoms with Gasteiger partial charge in [-0.2, -0.15) is 0 Å². The molecule has 3 heteroatoms. The number of aryl methyl sites for hydroxylation is 2. The Balaban J connectivity index is 2.65. The van der Waals surface area contributed by atoms with Crippen molar-refractivity contribution in [2.24, 2.45) is 0 Å². The Morgan fingerprint density at radius 2 is 2.07 bits per heavy atom. The van der Waals surface area contributed by atoms with Crippen molar-refractivity contribution in [2.75, 3.05) is 0 Å². The molecular formula is C11H14O2S. The minimum Gasteiger partial charge on any atom is -0.223 e. The van der Waals surface area contributed by atoms with Crippen LogP contribution in [0.5, 0.6) is 0 Å². The molecule has 0 aromatic heterocycles. The van der Waals surface area contributed by atoms with Gasteiger partial charge in [-0.25, -0.2) is 8.42 Å². The second-order valence-electron chi connectivity index (χ2n) is 4.01. The van der Waals surface area contributed by atoms with E-state index in [0.29, 0.717) is 4.90 Å². The predicted molar refractivity (Wildman–Crippen MR) is 56.1 cm³/mol. The van der Waals surface area contributed by atoms with Gasteiger partial charge in [-0.3, -0.25) is 0 Å². The van der Waals surface area contributed by atoms with Crippen molar-refractivity contribution in [3.8, 4) is 0 Å². The second-order valence-corrected chi connectivity index (χ2v) is 6.34. The number of sulfone groups is 1. The van der Waals surface area contributed by atoms with Crippen molar-refractivity contribution in [3.05, 3.63) is 29.3 Å². The third kappa shape index (κ3) is 1.36. The maximum Gasteiger partial charge on any atom is 0.181 e. The van der Waals surface area contributed by atoms with Crippen LogP contribution in [0.4, 0.5) is 0 Å². The van der Waals surface area contributed by atoms with Crippen molar-refractivity contribution in [3.63, 3.8) is 0 Å². The van der Waals surface area contributed by atoms with Crippen LogP contribution in [0.3, 0.4) is 0 Å². The van der Waals surface area contributed by atoms with E-state index in [4.69, 9.17) is 0 Å². The minimum atomic E-state index is -3.04. The Bertz CT molecular complexity index is 460. The van der Waals surface area contributed by atoms with Crippen LogP contribution in [-0.2, 0) is 16.3 Å². The van der Waals surface area contributed by atoms with Crippen LogP contribution < -0.4 is 0 Å². The molecule has 0 saturated carbocycles. The molecule has 1 aliphatic rings. The maximum atomic E-state index is 11.9. The number of fused-ring (bicyclic) bond motifs is 1. The van der Waals surface area contributed by atoms with Crippen LogP contribution in [0.15, 0.2) is 23.1 Å². The van der Waals surface area contributed by atoms with Crippen molar-refractivity contribution in [1.82, 2.24) is 0 Å². The summed E-state index contributed by atoms with van der Waals surface area (Å²) in [4.78, 5) is 0.543. The first kappa shape index (κ1) is 9.71. The molecule has 0 saturated heterocycles. The van der Waals surface area contributed by atoms with E-state index in [0.717, 1.165) is 24.0 Å². The molecule has 0 spiro atoms. The summed E-state index contributed by atoms with van der Waals surface area (Å²) >= 11 is 0. The van der Waals surface area contributed by atoms with Gasteiger partial charge in [0.2, 0.25) is 0 Å². The van der Waals surface area contributed by atoms with E-state index in [9.17, 15) is 8.42 Å².